The summed E-state index contributed by atoms with van der Waals surface area (Å²) in [5.41, 5.74) is 6.13. The molecule has 1 heterocycles. The number of halogens is 2. The molecule has 1 atom stereocenters. The van der Waals surface area contributed by atoms with Gasteiger partial charge in [-0.3, -0.25) is 9.78 Å². The molecule has 0 saturated heterocycles. The van der Waals surface area contributed by atoms with Gasteiger partial charge in [0.2, 0.25) is 0 Å². The zero-order valence-corrected chi connectivity index (χ0v) is 25.7. The van der Waals surface area contributed by atoms with Gasteiger partial charge in [-0.25, -0.2) is 8.78 Å². The Hall–Kier alpha value is -3.42. The summed E-state index contributed by atoms with van der Waals surface area (Å²) in [7, 11) is 0. The first-order valence-electron chi connectivity index (χ1n) is 13.1. The van der Waals surface area contributed by atoms with Crippen LogP contribution >= 0.6 is 23.1 Å². The molecule has 4 rings (SSSR count). The predicted octanol–water partition coefficient (Wildman–Crippen LogP) is 2.71. The topological polar surface area (TPSA) is 91.3 Å². The first-order valence-corrected chi connectivity index (χ1v) is 15.4. The van der Waals surface area contributed by atoms with Gasteiger partial charge in [-0.1, -0.05) is 36.4 Å². The number of carbonyl (C=O) groups excluding carboxylic acids is 2. The molecule has 0 bridgehead atoms. The molecule has 218 valence electrons. The largest absolute Gasteiger partial charge is 1.00 e. The third-order valence-corrected chi connectivity index (χ3v) is 7.82. The Morgan fingerprint density at radius 3 is 2.49 bits per heavy atom. The summed E-state index contributed by atoms with van der Waals surface area (Å²) in [5, 5.41) is 14.3. The van der Waals surface area contributed by atoms with Crippen molar-refractivity contribution in [1.29, 1.82) is 0 Å². The third-order valence-electron chi connectivity index (χ3n) is 6.45. The van der Waals surface area contributed by atoms with Crippen LogP contribution in [0, 0.1) is 18.6 Å². The maximum atomic E-state index is 13.7. The molecule has 0 spiro atoms. The SMILES string of the molecule is CSCC[C@H](NC(=O)c1ccc(C/C(=C/c2cncs2)COc2cc(F)cc(F)c2)cc1-c1ccccc1C)C(=O)[O-].[Li+]. The van der Waals surface area contributed by atoms with Crippen LogP contribution in [0.15, 0.2) is 77.9 Å². The van der Waals surface area contributed by atoms with Gasteiger partial charge in [0.15, 0.2) is 0 Å². The Labute approximate surface area is 269 Å². The number of aryl methyl sites for hydroxylation is 1. The molecular weight excluding hydrogens is 585 g/mol. The zero-order valence-electron chi connectivity index (χ0n) is 24.1. The van der Waals surface area contributed by atoms with Gasteiger partial charge in [-0.05, 0) is 71.7 Å². The van der Waals surface area contributed by atoms with E-state index >= 15 is 0 Å². The number of ether oxygens (including phenoxy) is 1. The van der Waals surface area contributed by atoms with Crippen molar-refractivity contribution in [1.82, 2.24) is 10.3 Å². The number of hydrogen-bond donors (Lipinski definition) is 1. The quantitative estimate of drug-likeness (QED) is 0.233. The van der Waals surface area contributed by atoms with Crippen molar-refractivity contribution in [3.63, 3.8) is 0 Å². The van der Waals surface area contributed by atoms with Crippen LogP contribution in [0.4, 0.5) is 8.78 Å². The summed E-state index contributed by atoms with van der Waals surface area (Å²) in [4.78, 5) is 30.1. The van der Waals surface area contributed by atoms with Gasteiger partial charge in [0, 0.05) is 34.8 Å². The van der Waals surface area contributed by atoms with Crippen LogP contribution in [0.25, 0.3) is 17.2 Å². The normalized spacial score (nSPS) is 11.9. The fraction of sp³-hybridized carbons (Fsp3) is 0.219. The minimum Gasteiger partial charge on any atom is -0.548 e. The molecule has 0 radical (unpaired) electrons. The van der Waals surface area contributed by atoms with Crippen molar-refractivity contribution in [2.24, 2.45) is 0 Å². The van der Waals surface area contributed by atoms with Gasteiger partial charge in [-0.15, -0.1) is 11.3 Å². The van der Waals surface area contributed by atoms with Crippen LogP contribution in [0.3, 0.4) is 0 Å². The molecule has 1 N–H and O–H groups in total. The van der Waals surface area contributed by atoms with E-state index in [1.807, 2.05) is 49.6 Å². The molecule has 11 heteroatoms. The number of carbonyl (C=O) groups is 2. The average Bonchev–Trinajstić information content (AvgIpc) is 3.46. The molecule has 1 amide bonds. The van der Waals surface area contributed by atoms with Gasteiger partial charge in [0.25, 0.3) is 5.91 Å². The summed E-state index contributed by atoms with van der Waals surface area (Å²) in [6.45, 7) is 2.00. The number of aromatic nitrogens is 1. The number of amides is 1. The van der Waals surface area contributed by atoms with Crippen LogP contribution in [0.2, 0.25) is 0 Å². The molecule has 0 aliphatic rings. The van der Waals surface area contributed by atoms with Gasteiger partial charge >= 0.3 is 18.9 Å². The molecule has 0 aliphatic heterocycles. The van der Waals surface area contributed by atoms with E-state index in [-0.39, 0.29) is 37.6 Å². The molecule has 0 aliphatic carbocycles. The van der Waals surface area contributed by atoms with E-state index in [1.54, 1.807) is 23.8 Å². The molecular formula is C32H29F2LiN2O4S2. The predicted molar refractivity (Wildman–Crippen MR) is 162 cm³/mol. The maximum Gasteiger partial charge on any atom is 1.00 e. The smallest absolute Gasteiger partial charge is 0.548 e. The second-order valence-electron chi connectivity index (χ2n) is 9.60. The Balaban J connectivity index is 0.00000506. The first kappa shape index (κ1) is 34.1. The van der Waals surface area contributed by atoms with E-state index in [9.17, 15) is 23.5 Å². The van der Waals surface area contributed by atoms with Crippen LogP contribution in [-0.4, -0.2) is 41.5 Å². The van der Waals surface area contributed by atoms with E-state index in [2.05, 4.69) is 10.3 Å². The number of aliphatic carboxylic acids is 1. The molecule has 6 nitrogen and oxygen atoms in total. The summed E-state index contributed by atoms with van der Waals surface area (Å²) in [6.07, 6.45) is 6.14. The standard InChI is InChI=1S/C32H30F2N2O4S2.Li/c1-20-5-3-4-6-27(20)29-13-21(7-8-28(29)31(37)36-30(32(38)39)9-10-41-2)11-22(12-26-17-35-19-42-26)18-40-25-15-23(33)14-24(34)16-25;/h3-8,12-17,19,30H,9-11,18H2,1-2H3,(H,36,37)(H,38,39);/q;+1/p-1/b22-12-;/t30-;/m0./s1. The van der Waals surface area contributed by atoms with E-state index in [4.69, 9.17) is 4.74 Å². The monoisotopic (exact) mass is 614 g/mol. The van der Waals surface area contributed by atoms with Crippen LogP contribution < -0.4 is 34.0 Å². The van der Waals surface area contributed by atoms with Crippen molar-refractivity contribution < 1.29 is 47.1 Å². The van der Waals surface area contributed by atoms with Crippen molar-refractivity contribution in [2.75, 3.05) is 18.6 Å². The molecule has 0 unspecified atom stereocenters. The third kappa shape index (κ3) is 9.80. The maximum absolute atomic E-state index is 13.7. The van der Waals surface area contributed by atoms with Gasteiger partial charge < -0.3 is 20.0 Å². The number of nitrogens with zero attached hydrogens (tertiary/aromatic N) is 1. The molecule has 0 saturated carbocycles. The molecule has 4 aromatic rings. The number of carboxylic acids is 1. The Morgan fingerprint density at radius 2 is 1.84 bits per heavy atom. The second-order valence-corrected chi connectivity index (χ2v) is 11.5. The summed E-state index contributed by atoms with van der Waals surface area (Å²) < 4.78 is 33.2. The number of thioether (sulfide) groups is 1. The number of thiazole rings is 1. The number of hydrogen-bond acceptors (Lipinski definition) is 7. The van der Waals surface area contributed by atoms with Crippen LogP contribution in [-0.2, 0) is 11.2 Å². The summed E-state index contributed by atoms with van der Waals surface area (Å²) >= 11 is 2.93. The Bertz CT molecular complexity index is 1560. The van der Waals surface area contributed by atoms with Crippen molar-refractivity contribution in [3.8, 4) is 16.9 Å². The van der Waals surface area contributed by atoms with E-state index < -0.39 is 29.6 Å². The fourth-order valence-corrected chi connectivity index (χ4v) is 5.48. The van der Waals surface area contributed by atoms with Gasteiger partial charge in [0.1, 0.15) is 24.0 Å². The second kappa shape index (κ2) is 16.4. The van der Waals surface area contributed by atoms with E-state index in [0.29, 0.717) is 23.3 Å². The molecule has 1 aromatic heterocycles. The van der Waals surface area contributed by atoms with Crippen molar-refractivity contribution in [2.45, 2.75) is 25.8 Å². The number of rotatable bonds is 13. The number of nitrogens with one attached hydrogen (secondary N) is 1. The van der Waals surface area contributed by atoms with Gasteiger partial charge in [-0.2, -0.15) is 11.8 Å². The number of carboxylic acid groups (broad SMARTS) is 1. The van der Waals surface area contributed by atoms with Crippen molar-refractivity contribution in [3.05, 3.63) is 111 Å². The van der Waals surface area contributed by atoms with E-state index in [0.717, 1.165) is 45.3 Å². The minimum atomic E-state index is -1.33. The summed E-state index contributed by atoms with van der Waals surface area (Å²) in [5.74, 6) is -2.68. The number of benzene rings is 3. The van der Waals surface area contributed by atoms with Gasteiger partial charge in [0.05, 0.1) is 17.5 Å². The van der Waals surface area contributed by atoms with E-state index in [1.165, 1.54) is 23.1 Å². The summed E-state index contributed by atoms with van der Waals surface area (Å²) in [6, 6.07) is 14.9. The zero-order chi connectivity index (χ0) is 30.1. The molecule has 0 fully saturated rings. The van der Waals surface area contributed by atoms with Crippen LogP contribution in [0.1, 0.15) is 32.8 Å². The average molecular weight is 615 g/mol. The molecule has 43 heavy (non-hydrogen) atoms. The Kier molecular flexibility index (Phi) is 13.0. The minimum absolute atomic E-state index is 0. The molecule has 3 aromatic carbocycles. The van der Waals surface area contributed by atoms with Crippen LogP contribution in [0.5, 0.6) is 5.75 Å². The fourth-order valence-electron chi connectivity index (χ4n) is 4.41. The first-order chi connectivity index (χ1) is 20.2. The van der Waals surface area contributed by atoms with Crippen molar-refractivity contribution >= 4 is 41.1 Å². The Morgan fingerprint density at radius 1 is 1.09 bits per heavy atom.